The second-order valence-corrected chi connectivity index (χ2v) is 6.69. The Morgan fingerprint density at radius 2 is 1.92 bits per heavy atom. The molecular formula is C22H28O4. The molecule has 3 N–H and O–H groups in total. The molecule has 0 aromatic heterocycles. The molecule has 140 valence electrons. The summed E-state index contributed by atoms with van der Waals surface area (Å²) < 4.78 is 0. The van der Waals surface area contributed by atoms with Crippen LogP contribution in [0.15, 0.2) is 29.4 Å². The van der Waals surface area contributed by atoms with Crippen LogP contribution >= 0.6 is 0 Å². The van der Waals surface area contributed by atoms with E-state index in [0.29, 0.717) is 24.8 Å². The number of aromatic hydroxyl groups is 2. The molecule has 26 heavy (non-hydrogen) atoms. The molecule has 0 heterocycles. The van der Waals surface area contributed by atoms with Crippen LogP contribution in [0.2, 0.25) is 0 Å². The third-order valence-corrected chi connectivity index (χ3v) is 4.19. The largest absolute Gasteiger partial charge is 0.508 e. The summed E-state index contributed by atoms with van der Waals surface area (Å²) in [7, 11) is 0. The number of aromatic carboxylic acids is 1. The first-order valence-corrected chi connectivity index (χ1v) is 8.80. The lowest BCUT2D eigenvalue weighted by atomic mass is 9.95. The van der Waals surface area contributed by atoms with E-state index in [-0.39, 0.29) is 29.0 Å². The quantitative estimate of drug-likeness (QED) is 0.331. The molecule has 0 spiro atoms. The van der Waals surface area contributed by atoms with E-state index in [1.54, 1.807) is 0 Å². The van der Waals surface area contributed by atoms with Crippen molar-refractivity contribution in [1.29, 1.82) is 0 Å². The average Bonchev–Trinajstić information content (AvgIpc) is 2.53. The van der Waals surface area contributed by atoms with Crippen molar-refractivity contribution in [3.63, 3.8) is 0 Å². The molecule has 0 fully saturated rings. The molecule has 0 aliphatic heterocycles. The smallest absolute Gasteiger partial charge is 0.339 e. The van der Waals surface area contributed by atoms with Crippen molar-refractivity contribution in [2.75, 3.05) is 0 Å². The first-order valence-electron chi connectivity index (χ1n) is 8.80. The number of phenols is 2. The fraction of sp³-hybridized carbons (Fsp3) is 0.409. The van der Waals surface area contributed by atoms with Crippen LogP contribution in [-0.2, 0) is 12.8 Å². The Hall–Kier alpha value is -2.67. The molecule has 0 atom stereocenters. The highest BCUT2D eigenvalue weighted by Crippen LogP contribution is 2.35. The molecular weight excluding hydrogens is 328 g/mol. The van der Waals surface area contributed by atoms with Gasteiger partial charge in [-0.1, -0.05) is 23.3 Å². The van der Waals surface area contributed by atoms with Crippen molar-refractivity contribution < 1.29 is 20.1 Å². The minimum Gasteiger partial charge on any atom is -0.508 e. The molecule has 1 aromatic carbocycles. The lowest BCUT2D eigenvalue weighted by Gasteiger charge is -2.13. The van der Waals surface area contributed by atoms with E-state index in [1.807, 2.05) is 26.8 Å². The number of allylic oxidation sites excluding steroid dienone is 4. The first-order chi connectivity index (χ1) is 12.3. The minimum absolute atomic E-state index is 0.0865. The van der Waals surface area contributed by atoms with Crippen LogP contribution in [-0.4, -0.2) is 21.3 Å². The van der Waals surface area contributed by atoms with Crippen molar-refractivity contribution in [2.45, 2.75) is 59.3 Å². The SMILES string of the molecule is C#CCCCc1cc(O)c(C/C=C(\C)CCC=C(C)C)c(O)c1C(=O)O. The Kier molecular flexibility index (Phi) is 8.51. The van der Waals surface area contributed by atoms with E-state index in [1.165, 1.54) is 11.6 Å². The number of unbranched alkanes of at least 4 members (excludes halogenated alkanes) is 1. The lowest BCUT2D eigenvalue weighted by molar-refractivity contribution is 0.0692. The van der Waals surface area contributed by atoms with E-state index in [9.17, 15) is 20.1 Å². The maximum Gasteiger partial charge on any atom is 0.339 e. The van der Waals surface area contributed by atoms with Crippen LogP contribution in [0.25, 0.3) is 0 Å². The second-order valence-electron chi connectivity index (χ2n) is 6.69. The van der Waals surface area contributed by atoms with Gasteiger partial charge in [0.1, 0.15) is 17.1 Å². The predicted molar refractivity (Wildman–Crippen MR) is 105 cm³/mol. The highest BCUT2D eigenvalue weighted by Gasteiger charge is 2.21. The molecule has 4 heteroatoms. The number of rotatable bonds is 9. The Balaban J connectivity index is 3.05. The van der Waals surface area contributed by atoms with Gasteiger partial charge in [-0.15, -0.1) is 12.3 Å². The zero-order valence-corrected chi connectivity index (χ0v) is 15.8. The zero-order chi connectivity index (χ0) is 19.7. The standard InChI is InChI=1S/C22H28O4/c1-5-6-7-11-17-14-19(23)18(21(24)20(17)22(25)26)13-12-16(4)10-8-9-15(2)3/h1,9,12,14,23-24H,6-8,10-11,13H2,2-4H3,(H,25,26)/b16-12+. The van der Waals surface area contributed by atoms with Gasteiger partial charge in [-0.3, -0.25) is 0 Å². The number of carbonyl (C=O) groups is 1. The summed E-state index contributed by atoms with van der Waals surface area (Å²) >= 11 is 0. The Labute approximate surface area is 155 Å². The second kappa shape index (κ2) is 10.4. The molecule has 1 rings (SSSR count). The molecule has 0 aliphatic carbocycles. The molecule has 0 saturated carbocycles. The summed E-state index contributed by atoms with van der Waals surface area (Å²) in [6.07, 6.45) is 12.9. The fourth-order valence-electron chi connectivity index (χ4n) is 2.73. The van der Waals surface area contributed by atoms with Crippen LogP contribution < -0.4 is 0 Å². The number of carboxylic acids is 1. The maximum atomic E-state index is 11.6. The molecule has 0 amide bonds. The van der Waals surface area contributed by atoms with Crippen molar-refractivity contribution in [2.24, 2.45) is 0 Å². The molecule has 0 bridgehead atoms. The van der Waals surface area contributed by atoms with Crippen molar-refractivity contribution in [1.82, 2.24) is 0 Å². The summed E-state index contributed by atoms with van der Waals surface area (Å²) in [5.41, 5.74) is 2.88. The monoisotopic (exact) mass is 356 g/mol. The number of carboxylic acid groups (broad SMARTS) is 1. The van der Waals surface area contributed by atoms with Gasteiger partial charge in [0, 0.05) is 12.0 Å². The summed E-state index contributed by atoms with van der Waals surface area (Å²) in [4.78, 5) is 11.6. The van der Waals surface area contributed by atoms with Gasteiger partial charge in [0.2, 0.25) is 0 Å². The van der Waals surface area contributed by atoms with Gasteiger partial charge in [-0.25, -0.2) is 4.79 Å². The molecule has 0 aliphatic rings. The van der Waals surface area contributed by atoms with Gasteiger partial charge in [-0.2, -0.15) is 0 Å². The molecule has 4 nitrogen and oxygen atoms in total. The number of hydrogen-bond acceptors (Lipinski definition) is 3. The van der Waals surface area contributed by atoms with Crippen LogP contribution in [0.4, 0.5) is 0 Å². The predicted octanol–water partition coefficient (Wildman–Crippen LogP) is 4.99. The summed E-state index contributed by atoms with van der Waals surface area (Å²) in [5, 5.41) is 30.1. The number of benzene rings is 1. The topological polar surface area (TPSA) is 77.8 Å². The summed E-state index contributed by atoms with van der Waals surface area (Å²) in [6.45, 7) is 6.08. The van der Waals surface area contributed by atoms with Crippen LogP contribution in [0, 0.1) is 12.3 Å². The molecule has 0 saturated heterocycles. The van der Waals surface area contributed by atoms with Crippen molar-refractivity contribution >= 4 is 5.97 Å². The Morgan fingerprint density at radius 1 is 1.23 bits per heavy atom. The van der Waals surface area contributed by atoms with E-state index >= 15 is 0 Å². The van der Waals surface area contributed by atoms with E-state index in [4.69, 9.17) is 6.42 Å². The Morgan fingerprint density at radius 3 is 2.50 bits per heavy atom. The molecule has 0 radical (unpaired) electrons. The van der Waals surface area contributed by atoms with Gasteiger partial charge in [0.15, 0.2) is 0 Å². The number of hydrogen-bond donors (Lipinski definition) is 3. The first kappa shape index (κ1) is 21.4. The number of aryl methyl sites for hydroxylation is 1. The van der Waals surface area contributed by atoms with Crippen LogP contribution in [0.1, 0.15) is 67.9 Å². The molecule has 1 aromatic rings. The number of terminal acetylenes is 1. The van der Waals surface area contributed by atoms with Crippen molar-refractivity contribution in [3.8, 4) is 23.8 Å². The normalized spacial score (nSPS) is 11.1. The van der Waals surface area contributed by atoms with E-state index < -0.39 is 5.97 Å². The highest BCUT2D eigenvalue weighted by atomic mass is 16.4. The van der Waals surface area contributed by atoms with Gasteiger partial charge >= 0.3 is 5.97 Å². The summed E-state index contributed by atoms with van der Waals surface area (Å²) in [5.74, 6) is 0.848. The maximum absolute atomic E-state index is 11.6. The third kappa shape index (κ3) is 6.33. The van der Waals surface area contributed by atoms with Crippen LogP contribution in [0.5, 0.6) is 11.5 Å². The Bertz CT molecular complexity index is 744. The zero-order valence-electron chi connectivity index (χ0n) is 15.8. The van der Waals surface area contributed by atoms with E-state index in [2.05, 4.69) is 12.0 Å². The van der Waals surface area contributed by atoms with Crippen molar-refractivity contribution in [3.05, 3.63) is 46.1 Å². The van der Waals surface area contributed by atoms with Gasteiger partial charge < -0.3 is 15.3 Å². The average molecular weight is 356 g/mol. The van der Waals surface area contributed by atoms with Gasteiger partial charge in [0.05, 0.1) is 0 Å². The molecule has 0 unspecified atom stereocenters. The lowest BCUT2D eigenvalue weighted by Crippen LogP contribution is -2.05. The summed E-state index contributed by atoms with van der Waals surface area (Å²) in [6, 6.07) is 1.43. The minimum atomic E-state index is -1.20. The highest BCUT2D eigenvalue weighted by molar-refractivity contribution is 5.93. The van der Waals surface area contributed by atoms with Crippen LogP contribution in [0.3, 0.4) is 0 Å². The van der Waals surface area contributed by atoms with Gasteiger partial charge in [-0.05, 0) is 64.5 Å². The fourth-order valence-corrected chi connectivity index (χ4v) is 2.73. The number of phenolic OH excluding ortho intramolecular Hbond substituents is 1. The third-order valence-electron chi connectivity index (χ3n) is 4.19. The van der Waals surface area contributed by atoms with Gasteiger partial charge in [0.25, 0.3) is 0 Å². The van der Waals surface area contributed by atoms with E-state index in [0.717, 1.165) is 18.4 Å².